The smallest absolute Gasteiger partial charge is 0.0219 e. The molecular weight excluding hydrogens is 208 g/mol. The second-order valence-corrected chi connectivity index (χ2v) is 6.60. The number of nitrogens with zero attached hydrogens (tertiary/aromatic N) is 1. The molecule has 2 atom stereocenters. The predicted molar refractivity (Wildman–Crippen MR) is 74.2 cm³/mol. The van der Waals surface area contributed by atoms with Crippen LogP contribution in [0.1, 0.15) is 53.4 Å². The van der Waals surface area contributed by atoms with Crippen LogP contribution in [0.15, 0.2) is 0 Å². The van der Waals surface area contributed by atoms with E-state index in [1.165, 1.54) is 45.3 Å². The maximum atomic E-state index is 3.73. The van der Waals surface area contributed by atoms with Crippen molar-refractivity contribution < 1.29 is 0 Å². The molecule has 0 spiro atoms. The first kappa shape index (κ1) is 13.4. The quantitative estimate of drug-likeness (QED) is 0.792. The fourth-order valence-electron chi connectivity index (χ4n) is 3.16. The minimum absolute atomic E-state index is 0.699. The van der Waals surface area contributed by atoms with Crippen LogP contribution in [0.5, 0.6) is 0 Å². The lowest BCUT2D eigenvalue weighted by atomic mass is 9.95. The van der Waals surface area contributed by atoms with E-state index in [-0.39, 0.29) is 0 Å². The Balaban J connectivity index is 1.95. The monoisotopic (exact) mass is 238 g/mol. The minimum Gasteiger partial charge on any atom is -0.311 e. The highest BCUT2D eigenvalue weighted by molar-refractivity contribution is 4.98. The van der Waals surface area contributed by atoms with Crippen molar-refractivity contribution in [1.29, 1.82) is 0 Å². The van der Waals surface area contributed by atoms with Crippen molar-refractivity contribution in [3.63, 3.8) is 0 Å². The molecule has 1 aliphatic carbocycles. The Morgan fingerprint density at radius 1 is 1.29 bits per heavy atom. The number of nitrogens with one attached hydrogen (secondary N) is 1. The summed E-state index contributed by atoms with van der Waals surface area (Å²) in [5, 5.41) is 3.73. The molecule has 0 amide bonds. The second-order valence-electron chi connectivity index (χ2n) is 6.60. The summed E-state index contributed by atoms with van der Waals surface area (Å²) < 4.78 is 0. The zero-order valence-corrected chi connectivity index (χ0v) is 12.1. The van der Waals surface area contributed by atoms with Gasteiger partial charge in [-0.2, -0.15) is 0 Å². The highest BCUT2D eigenvalue weighted by Gasteiger charge is 2.43. The highest BCUT2D eigenvalue weighted by Crippen LogP contribution is 2.49. The normalized spacial score (nSPS) is 33.0. The van der Waals surface area contributed by atoms with E-state index in [9.17, 15) is 0 Å². The maximum absolute atomic E-state index is 3.73. The molecular formula is C15H30N2. The molecule has 2 aliphatic rings. The fraction of sp³-hybridized carbons (Fsp3) is 1.00. The summed E-state index contributed by atoms with van der Waals surface area (Å²) in [7, 11) is 0. The topological polar surface area (TPSA) is 15.3 Å². The van der Waals surface area contributed by atoms with E-state index in [0.29, 0.717) is 11.5 Å². The van der Waals surface area contributed by atoms with Gasteiger partial charge >= 0.3 is 0 Å². The number of hydrogen-bond donors (Lipinski definition) is 1. The van der Waals surface area contributed by atoms with Crippen LogP contribution in [0.25, 0.3) is 0 Å². The van der Waals surface area contributed by atoms with Gasteiger partial charge in [-0.15, -0.1) is 0 Å². The molecule has 1 heterocycles. The Morgan fingerprint density at radius 3 is 2.47 bits per heavy atom. The third-order valence-corrected chi connectivity index (χ3v) is 5.08. The maximum Gasteiger partial charge on any atom is 0.0219 e. The molecule has 0 radical (unpaired) electrons. The van der Waals surface area contributed by atoms with Crippen molar-refractivity contribution in [2.45, 2.75) is 65.5 Å². The van der Waals surface area contributed by atoms with Crippen LogP contribution in [0.3, 0.4) is 0 Å². The van der Waals surface area contributed by atoms with E-state index in [2.05, 4.69) is 37.9 Å². The second kappa shape index (κ2) is 5.27. The number of hydrogen-bond acceptors (Lipinski definition) is 2. The van der Waals surface area contributed by atoms with Gasteiger partial charge in [0.1, 0.15) is 0 Å². The summed E-state index contributed by atoms with van der Waals surface area (Å²) in [6.07, 6.45) is 5.60. The largest absolute Gasteiger partial charge is 0.311 e. The van der Waals surface area contributed by atoms with E-state index < -0.39 is 0 Å². The molecule has 0 bridgehead atoms. The van der Waals surface area contributed by atoms with Gasteiger partial charge in [-0.3, -0.25) is 4.90 Å². The van der Waals surface area contributed by atoms with Gasteiger partial charge in [-0.25, -0.2) is 0 Å². The van der Waals surface area contributed by atoms with Gasteiger partial charge < -0.3 is 5.32 Å². The summed E-state index contributed by atoms with van der Waals surface area (Å²) >= 11 is 0. The van der Waals surface area contributed by atoms with Crippen LogP contribution in [0, 0.1) is 11.3 Å². The lowest BCUT2D eigenvalue weighted by Gasteiger charge is -2.43. The van der Waals surface area contributed by atoms with E-state index in [4.69, 9.17) is 0 Å². The van der Waals surface area contributed by atoms with Gasteiger partial charge in [0.2, 0.25) is 0 Å². The molecule has 0 aromatic rings. The lowest BCUT2D eigenvalue weighted by Crippen LogP contribution is -2.58. The summed E-state index contributed by atoms with van der Waals surface area (Å²) in [5.74, 6) is 0.757. The van der Waals surface area contributed by atoms with Crippen molar-refractivity contribution in [3.05, 3.63) is 0 Å². The molecule has 2 heteroatoms. The Kier molecular flexibility index (Phi) is 4.14. The van der Waals surface area contributed by atoms with Crippen molar-refractivity contribution >= 4 is 0 Å². The first-order chi connectivity index (χ1) is 8.10. The van der Waals surface area contributed by atoms with Crippen LogP contribution >= 0.6 is 0 Å². The van der Waals surface area contributed by atoms with Crippen LogP contribution in [-0.2, 0) is 0 Å². The van der Waals surface area contributed by atoms with Gasteiger partial charge in [-0.05, 0) is 37.0 Å². The molecule has 1 aliphatic heterocycles. The summed E-state index contributed by atoms with van der Waals surface area (Å²) in [6, 6.07) is 1.47. The number of piperazine rings is 1. The first-order valence-corrected chi connectivity index (χ1v) is 7.57. The summed E-state index contributed by atoms with van der Waals surface area (Å²) in [4.78, 5) is 2.79. The molecule has 1 saturated carbocycles. The van der Waals surface area contributed by atoms with E-state index >= 15 is 0 Å². The Morgan fingerprint density at radius 2 is 2.00 bits per heavy atom. The van der Waals surface area contributed by atoms with Gasteiger partial charge in [0.25, 0.3) is 0 Å². The van der Waals surface area contributed by atoms with Crippen LogP contribution in [-0.4, -0.2) is 36.6 Å². The van der Waals surface area contributed by atoms with Crippen molar-refractivity contribution in [3.8, 4) is 0 Å². The van der Waals surface area contributed by atoms with E-state index in [0.717, 1.165) is 12.0 Å². The third-order valence-electron chi connectivity index (χ3n) is 5.08. The Hall–Kier alpha value is -0.0800. The van der Waals surface area contributed by atoms with Crippen molar-refractivity contribution in [1.82, 2.24) is 10.2 Å². The standard InChI is InChI=1S/C15H30N2/c1-5-13-9-16-14(12(3)4)10-17(13)11-15(6-2)7-8-15/h12-14,16H,5-11H2,1-4H3. The molecule has 2 rings (SSSR count). The van der Waals surface area contributed by atoms with Crippen LogP contribution < -0.4 is 5.32 Å². The molecule has 17 heavy (non-hydrogen) atoms. The van der Waals surface area contributed by atoms with Gasteiger partial charge in [0.15, 0.2) is 0 Å². The fourth-order valence-corrected chi connectivity index (χ4v) is 3.16. The average Bonchev–Trinajstić information content (AvgIpc) is 3.09. The lowest BCUT2D eigenvalue weighted by molar-refractivity contribution is 0.0866. The third kappa shape index (κ3) is 3.03. The van der Waals surface area contributed by atoms with E-state index in [1.807, 2.05) is 0 Å². The van der Waals surface area contributed by atoms with Crippen LogP contribution in [0.4, 0.5) is 0 Å². The van der Waals surface area contributed by atoms with Gasteiger partial charge in [-0.1, -0.05) is 27.7 Å². The average molecular weight is 238 g/mol. The zero-order valence-electron chi connectivity index (χ0n) is 12.1. The van der Waals surface area contributed by atoms with Crippen LogP contribution in [0.2, 0.25) is 0 Å². The Labute approximate surface area is 107 Å². The molecule has 2 nitrogen and oxygen atoms in total. The molecule has 2 fully saturated rings. The molecule has 0 aromatic heterocycles. The molecule has 1 saturated heterocycles. The highest BCUT2D eigenvalue weighted by atomic mass is 15.2. The molecule has 2 unspecified atom stereocenters. The first-order valence-electron chi connectivity index (χ1n) is 7.57. The number of rotatable bonds is 5. The summed E-state index contributed by atoms with van der Waals surface area (Å²) in [6.45, 7) is 13.2. The van der Waals surface area contributed by atoms with Gasteiger partial charge in [0.05, 0.1) is 0 Å². The van der Waals surface area contributed by atoms with Gasteiger partial charge in [0, 0.05) is 31.7 Å². The summed E-state index contributed by atoms with van der Waals surface area (Å²) in [5.41, 5.74) is 0.701. The van der Waals surface area contributed by atoms with Crippen molar-refractivity contribution in [2.75, 3.05) is 19.6 Å². The molecule has 100 valence electrons. The Bertz CT molecular complexity index is 245. The molecule has 0 aromatic carbocycles. The van der Waals surface area contributed by atoms with E-state index in [1.54, 1.807) is 0 Å². The minimum atomic E-state index is 0.699. The molecule has 1 N–H and O–H groups in total. The zero-order chi connectivity index (χ0) is 12.5. The SMILES string of the molecule is CCC1CNC(C(C)C)CN1CC1(CC)CC1. The predicted octanol–water partition coefficient (Wildman–Crippen LogP) is 2.89. The van der Waals surface area contributed by atoms with Crippen molar-refractivity contribution in [2.24, 2.45) is 11.3 Å².